The molecule has 2 N–H and O–H groups in total. The molecule has 1 atom stereocenters. The van der Waals surface area contributed by atoms with Gasteiger partial charge in [-0.15, -0.1) is 0 Å². The van der Waals surface area contributed by atoms with Crippen LogP contribution in [0.1, 0.15) is 25.7 Å². The summed E-state index contributed by atoms with van der Waals surface area (Å²) in [4.78, 5) is 0. The summed E-state index contributed by atoms with van der Waals surface area (Å²) in [5, 5.41) is 0. The molecular formula is C9H17NO2. The van der Waals surface area contributed by atoms with Gasteiger partial charge < -0.3 is 15.2 Å². The Bertz CT molecular complexity index is 155. The Morgan fingerprint density at radius 1 is 1.25 bits per heavy atom. The van der Waals surface area contributed by atoms with E-state index in [4.69, 9.17) is 15.2 Å². The highest BCUT2D eigenvalue weighted by Crippen LogP contribution is 2.40. The van der Waals surface area contributed by atoms with Crippen LogP contribution in [0.5, 0.6) is 0 Å². The number of rotatable bonds is 1. The maximum Gasteiger partial charge on any atom is 0.172 e. The number of nitrogens with two attached hydrogens (primary N) is 1. The normalized spacial score (nSPS) is 34.2. The highest BCUT2D eigenvalue weighted by Gasteiger charge is 2.45. The third kappa shape index (κ3) is 1.26. The Labute approximate surface area is 73.2 Å². The van der Waals surface area contributed by atoms with Crippen LogP contribution in [0.15, 0.2) is 0 Å². The van der Waals surface area contributed by atoms with E-state index in [1.54, 1.807) is 0 Å². The summed E-state index contributed by atoms with van der Waals surface area (Å²) < 4.78 is 11.5. The fourth-order valence-corrected chi connectivity index (χ4v) is 2.29. The van der Waals surface area contributed by atoms with E-state index in [0.29, 0.717) is 12.5 Å². The van der Waals surface area contributed by atoms with Crippen molar-refractivity contribution in [3.05, 3.63) is 0 Å². The van der Waals surface area contributed by atoms with Gasteiger partial charge >= 0.3 is 0 Å². The molecule has 0 aromatic heterocycles. The Morgan fingerprint density at radius 2 is 2.00 bits per heavy atom. The van der Waals surface area contributed by atoms with Gasteiger partial charge in [-0.05, 0) is 19.3 Å². The molecule has 1 aliphatic carbocycles. The van der Waals surface area contributed by atoms with Crippen LogP contribution >= 0.6 is 0 Å². The first-order valence-electron chi connectivity index (χ1n) is 4.85. The standard InChI is InChI=1S/C9H17NO2/c10-7-8-3-1-4-9(8)11-5-2-6-12-9/h8H,1-7,10H2. The summed E-state index contributed by atoms with van der Waals surface area (Å²) in [6.45, 7) is 2.38. The van der Waals surface area contributed by atoms with E-state index in [1.165, 1.54) is 6.42 Å². The molecule has 1 saturated carbocycles. The summed E-state index contributed by atoms with van der Waals surface area (Å²) in [7, 11) is 0. The summed E-state index contributed by atoms with van der Waals surface area (Å²) >= 11 is 0. The van der Waals surface area contributed by atoms with Crippen molar-refractivity contribution in [3.8, 4) is 0 Å². The predicted molar refractivity (Wildman–Crippen MR) is 45.6 cm³/mol. The van der Waals surface area contributed by atoms with Crippen LogP contribution < -0.4 is 5.73 Å². The number of ether oxygens (including phenoxy) is 2. The summed E-state index contributed by atoms with van der Waals surface area (Å²) in [6.07, 6.45) is 4.42. The second-order valence-corrected chi connectivity index (χ2v) is 3.69. The molecule has 0 aromatic carbocycles. The quantitative estimate of drug-likeness (QED) is 0.637. The van der Waals surface area contributed by atoms with Gasteiger partial charge in [0.1, 0.15) is 0 Å². The lowest BCUT2D eigenvalue weighted by atomic mass is 10.0. The molecule has 0 bridgehead atoms. The van der Waals surface area contributed by atoms with Crippen molar-refractivity contribution in [1.82, 2.24) is 0 Å². The van der Waals surface area contributed by atoms with Crippen LogP contribution in [0.3, 0.4) is 0 Å². The topological polar surface area (TPSA) is 44.5 Å². The zero-order valence-electron chi connectivity index (χ0n) is 7.42. The predicted octanol–water partition coefficient (Wildman–Crippen LogP) is 0.878. The van der Waals surface area contributed by atoms with E-state index in [-0.39, 0.29) is 5.79 Å². The molecule has 1 saturated heterocycles. The van der Waals surface area contributed by atoms with Gasteiger partial charge in [0.15, 0.2) is 5.79 Å². The smallest absolute Gasteiger partial charge is 0.172 e. The van der Waals surface area contributed by atoms with Crippen LogP contribution in [0.2, 0.25) is 0 Å². The van der Waals surface area contributed by atoms with Gasteiger partial charge in [-0.25, -0.2) is 0 Å². The molecule has 3 nitrogen and oxygen atoms in total. The molecule has 12 heavy (non-hydrogen) atoms. The molecule has 70 valence electrons. The van der Waals surface area contributed by atoms with E-state index in [9.17, 15) is 0 Å². The van der Waals surface area contributed by atoms with E-state index in [0.717, 1.165) is 32.5 Å². The third-order valence-electron chi connectivity index (χ3n) is 2.97. The maximum absolute atomic E-state index is 5.73. The van der Waals surface area contributed by atoms with Gasteiger partial charge in [0.05, 0.1) is 13.2 Å². The van der Waals surface area contributed by atoms with Gasteiger partial charge in [0.2, 0.25) is 0 Å². The van der Waals surface area contributed by atoms with E-state index < -0.39 is 0 Å². The van der Waals surface area contributed by atoms with Crippen molar-refractivity contribution < 1.29 is 9.47 Å². The molecule has 2 rings (SSSR count). The van der Waals surface area contributed by atoms with Crippen molar-refractivity contribution in [2.45, 2.75) is 31.5 Å². The molecule has 2 fully saturated rings. The van der Waals surface area contributed by atoms with Crippen LogP contribution in [-0.2, 0) is 9.47 Å². The van der Waals surface area contributed by atoms with E-state index in [2.05, 4.69) is 0 Å². The first-order chi connectivity index (χ1) is 5.87. The minimum atomic E-state index is -0.285. The van der Waals surface area contributed by atoms with Crippen LogP contribution in [0.4, 0.5) is 0 Å². The fourth-order valence-electron chi connectivity index (χ4n) is 2.29. The lowest BCUT2D eigenvalue weighted by molar-refractivity contribution is -0.282. The van der Waals surface area contributed by atoms with Gasteiger partial charge in [-0.3, -0.25) is 0 Å². The lowest BCUT2D eigenvalue weighted by Crippen LogP contribution is -2.46. The first-order valence-corrected chi connectivity index (χ1v) is 4.85. The molecule has 1 aliphatic heterocycles. The average molecular weight is 171 g/mol. The molecule has 0 radical (unpaired) electrons. The molecule has 1 unspecified atom stereocenters. The van der Waals surface area contributed by atoms with E-state index in [1.807, 2.05) is 0 Å². The number of hydrogen-bond donors (Lipinski definition) is 1. The van der Waals surface area contributed by atoms with Crippen molar-refractivity contribution in [2.75, 3.05) is 19.8 Å². The van der Waals surface area contributed by atoms with Crippen molar-refractivity contribution >= 4 is 0 Å². The van der Waals surface area contributed by atoms with Crippen LogP contribution in [0.25, 0.3) is 0 Å². The average Bonchev–Trinajstić information content (AvgIpc) is 2.49. The second kappa shape index (κ2) is 3.32. The summed E-state index contributed by atoms with van der Waals surface area (Å²) in [5.74, 6) is 0.144. The second-order valence-electron chi connectivity index (χ2n) is 3.69. The van der Waals surface area contributed by atoms with Crippen molar-refractivity contribution in [3.63, 3.8) is 0 Å². The first kappa shape index (κ1) is 8.48. The summed E-state index contributed by atoms with van der Waals surface area (Å²) in [5.41, 5.74) is 5.68. The Balaban J connectivity index is 2.05. The Morgan fingerprint density at radius 3 is 2.67 bits per heavy atom. The zero-order chi connectivity index (χ0) is 8.44. The maximum atomic E-state index is 5.73. The molecule has 1 heterocycles. The minimum Gasteiger partial charge on any atom is -0.349 e. The molecule has 2 aliphatic rings. The molecule has 0 aromatic rings. The molecule has 3 heteroatoms. The molecular weight excluding hydrogens is 154 g/mol. The van der Waals surface area contributed by atoms with Crippen LogP contribution in [0, 0.1) is 5.92 Å². The third-order valence-corrected chi connectivity index (χ3v) is 2.97. The zero-order valence-corrected chi connectivity index (χ0v) is 7.42. The largest absolute Gasteiger partial charge is 0.349 e. The van der Waals surface area contributed by atoms with Crippen molar-refractivity contribution in [1.29, 1.82) is 0 Å². The summed E-state index contributed by atoms with van der Waals surface area (Å²) in [6, 6.07) is 0. The Hall–Kier alpha value is -0.120. The molecule has 0 amide bonds. The fraction of sp³-hybridized carbons (Fsp3) is 1.00. The monoisotopic (exact) mass is 171 g/mol. The highest BCUT2D eigenvalue weighted by atomic mass is 16.7. The van der Waals surface area contributed by atoms with E-state index >= 15 is 0 Å². The van der Waals surface area contributed by atoms with Gasteiger partial charge in [-0.2, -0.15) is 0 Å². The lowest BCUT2D eigenvalue weighted by Gasteiger charge is -2.38. The van der Waals surface area contributed by atoms with Crippen molar-refractivity contribution in [2.24, 2.45) is 11.7 Å². The minimum absolute atomic E-state index is 0.285. The number of hydrogen-bond acceptors (Lipinski definition) is 3. The van der Waals surface area contributed by atoms with Gasteiger partial charge in [0.25, 0.3) is 0 Å². The van der Waals surface area contributed by atoms with Gasteiger partial charge in [-0.1, -0.05) is 0 Å². The Kier molecular flexibility index (Phi) is 2.35. The highest BCUT2D eigenvalue weighted by molar-refractivity contribution is 4.88. The SMILES string of the molecule is NCC1CCCC12OCCCO2. The van der Waals surface area contributed by atoms with Gasteiger partial charge in [0, 0.05) is 18.9 Å². The molecule has 1 spiro atoms. The van der Waals surface area contributed by atoms with Crippen LogP contribution in [-0.4, -0.2) is 25.5 Å².